The fraction of sp³-hybridized carbons (Fsp3) is 0.935. The Hall–Kier alpha value is -4.27. The van der Waals surface area contributed by atoms with Crippen molar-refractivity contribution in [2.45, 2.75) is 375 Å². The predicted octanol–water partition coefficient (Wildman–Crippen LogP) is 12.5. The predicted molar refractivity (Wildman–Crippen MR) is 582 cm³/mol. The zero-order chi connectivity index (χ0) is 106. The summed E-state index contributed by atoms with van der Waals surface area (Å²) in [4.78, 5) is 127. The molecule has 4 heterocycles. The van der Waals surface area contributed by atoms with Gasteiger partial charge < -0.3 is 69.8 Å². The van der Waals surface area contributed by atoms with Crippen LogP contribution < -0.4 is 16.0 Å². The van der Waals surface area contributed by atoms with Crippen LogP contribution in [-0.2, 0) is 33.6 Å². The molecule has 0 spiro atoms. The average molecular weight is 1930 g/mol. The van der Waals surface area contributed by atoms with Gasteiger partial charge in [-0.1, -0.05) is 111 Å². The fourth-order valence-corrected chi connectivity index (χ4v) is 18.7. The summed E-state index contributed by atoms with van der Waals surface area (Å²) < 4.78 is 0. The second-order valence-electron chi connectivity index (χ2n) is 47.0. The Bertz CT molecular complexity index is 3140. The smallest absolute Gasteiger partial charge is 0.240 e. The minimum absolute atomic E-state index is 0.0142. The summed E-state index contributed by atoms with van der Waals surface area (Å²) in [5, 5.41) is 9.29. The monoisotopic (exact) mass is 1930 g/mol. The first-order chi connectivity index (χ1) is 62.6. The van der Waals surface area contributed by atoms with Crippen molar-refractivity contribution in [1.82, 2.24) is 104 Å². The highest BCUT2D eigenvalue weighted by atomic mass is 16.2. The van der Waals surface area contributed by atoms with Gasteiger partial charge in [0.1, 0.15) is 0 Å². The zero-order valence-corrected chi connectivity index (χ0v) is 98.6. The van der Waals surface area contributed by atoms with Crippen LogP contribution in [0.2, 0.25) is 0 Å². The molecular weight excluding hydrogens is 1700 g/mol. The molecule has 0 radical (unpaired) electrons. The van der Waals surface area contributed by atoms with Crippen molar-refractivity contribution in [1.29, 1.82) is 0 Å². The molecule has 3 N–H and O–H groups in total. The molecular formula is C108H229N21O7. The van der Waals surface area contributed by atoms with Gasteiger partial charge in [-0.2, -0.15) is 0 Å². The Morgan fingerprint density at radius 3 is 0.971 bits per heavy atom. The summed E-state index contributed by atoms with van der Waals surface area (Å²) in [5.41, 5.74) is 0.0804. The average Bonchev–Trinajstić information content (AvgIpc) is 0.884. The van der Waals surface area contributed by atoms with Gasteiger partial charge in [0.05, 0.1) is 42.3 Å². The maximum Gasteiger partial charge on any atom is 0.240 e. The van der Waals surface area contributed by atoms with Crippen LogP contribution in [0.5, 0.6) is 0 Å². The highest BCUT2D eigenvalue weighted by Crippen LogP contribution is 2.27. The molecule has 8 atom stereocenters. The topological polar surface area (TPSA) is 214 Å². The number of likely N-dealkylation sites (N-methyl/N-ethyl adjacent to an activating group) is 12. The summed E-state index contributed by atoms with van der Waals surface area (Å²) in [6.45, 7) is 79.4. The highest BCUT2D eigenvalue weighted by Gasteiger charge is 2.40. The van der Waals surface area contributed by atoms with Crippen LogP contribution in [-0.4, -0.2) is 478 Å². The van der Waals surface area contributed by atoms with E-state index in [0.29, 0.717) is 121 Å². The van der Waals surface area contributed by atoms with E-state index in [4.69, 9.17) is 0 Å². The molecule has 0 saturated carbocycles. The number of nitrogens with zero attached hydrogens (tertiary/aromatic N) is 18. The molecule has 7 amide bonds. The number of likely N-dealkylation sites (tertiary alicyclic amines) is 4. The van der Waals surface area contributed by atoms with Gasteiger partial charge >= 0.3 is 0 Å². The van der Waals surface area contributed by atoms with Crippen molar-refractivity contribution < 1.29 is 33.6 Å². The molecule has 4 saturated heterocycles. The summed E-state index contributed by atoms with van der Waals surface area (Å²) in [7, 11) is 40.8. The van der Waals surface area contributed by atoms with E-state index in [1.807, 2.05) is 99.3 Å². The second-order valence-corrected chi connectivity index (χ2v) is 47.0. The Kier molecular flexibility index (Phi) is 69.6. The minimum Gasteiger partial charge on any atom is -0.355 e. The number of carbonyl (C=O) groups is 7. The molecule has 0 aromatic rings. The lowest BCUT2D eigenvalue weighted by molar-refractivity contribution is -0.141. The molecule has 4 fully saturated rings. The van der Waals surface area contributed by atoms with Crippen molar-refractivity contribution in [3.8, 4) is 0 Å². The third-order valence-electron chi connectivity index (χ3n) is 28.6. The molecule has 0 bridgehead atoms. The number of piperidine rings is 2. The fourth-order valence-electron chi connectivity index (χ4n) is 18.7. The quantitative estimate of drug-likeness (QED) is 0.0516. The van der Waals surface area contributed by atoms with E-state index >= 15 is 0 Å². The maximum atomic E-state index is 13.0. The summed E-state index contributed by atoms with van der Waals surface area (Å²) in [6.07, 6.45) is 11.9. The largest absolute Gasteiger partial charge is 0.355 e. The third kappa shape index (κ3) is 52.3. The van der Waals surface area contributed by atoms with Crippen molar-refractivity contribution in [2.75, 3.05) is 246 Å². The van der Waals surface area contributed by atoms with Crippen LogP contribution in [0.4, 0.5) is 0 Å². The first-order valence-electron chi connectivity index (χ1n) is 53.3. The van der Waals surface area contributed by atoms with Crippen LogP contribution in [0.3, 0.4) is 0 Å². The standard InChI is InChI=1S/C18H35N3O.2C16H33N3O.C16H35N3O.C15H33N3O.C14H31N3O.C13H29N3O/c1-14(2)17(19(5)15(3)4)18(22)21-12-8-16(9-13-21)20-10-6-7-11-20;1-12(2)15(18(6)13(3)4)16(20)19(7)14-8-10-17(5)11-9-14;1-12(2)15(19(6)13(3)4)16(20)17-10-9-14-8-7-11-18(14)5;1-12(2)14(19(9)13(3)4)15(20)17-10-16(5,6)11-18(7)8;1-12(2)14(18(8)13(3)4)15(19)17(7)11-9-10-16(5)6;1-11(2)13(17(8)12(3)4)14(18)16(7)10-9-15(5)6;1-10(2)12(16(7)11(3)4)13(17)14-8-9-15(5)6/h14-17H,6-13H2,1-5H3;12-15H,8-11H2,1-7H3;12-15H,7-11H2,1-6H3,(H,17,20);12-14H,10-11H2,1-9H3,(H,17,20);12-14H,9-11H2,1-8H3;11-13H,9-10H2,1-8H3;10-12H,8-9H2,1-7H3,(H,14,17)/t17-;15-;14?,15-;2*14-;13-;12-/m1111111/s1. The molecule has 1 unspecified atom stereocenters. The summed E-state index contributed by atoms with van der Waals surface area (Å²) in [6, 6.07) is 4.25. The van der Waals surface area contributed by atoms with E-state index in [1.165, 1.54) is 45.3 Å². The van der Waals surface area contributed by atoms with Crippen molar-refractivity contribution in [2.24, 2.45) is 46.8 Å². The molecule has 808 valence electrons. The Morgan fingerprint density at radius 1 is 0.324 bits per heavy atom. The van der Waals surface area contributed by atoms with Crippen LogP contribution in [0.15, 0.2) is 0 Å². The molecule has 4 aliphatic heterocycles. The van der Waals surface area contributed by atoms with E-state index in [2.05, 4.69) is 354 Å². The number of nitrogens with one attached hydrogen (secondary N) is 3. The maximum absolute atomic E-state index is 13.0. The van der Waals surface area contributed by atoms with Gasteiger partial charge in [0.15, 0.2) is 0 Å². The van der Waals surface area contributed by atoms with E-state index in [-0.39, 0.29) is 83.2 Å². The SMILES string of the molecule is CC(C)[C@H](C(=O)N(C)C1CCN(C)CC1)N(C)C(C)C.CC(C)[C@H](C(=O)N(C)CCCN(C)C)N(C)C(C)C.CC(C)[C@H](C(=O)N(C)CCN(C)C)N(C)C(C)C.CC(C)[C@H](C(=O)N1CCC(N2CCCC2)CC1)N(C)C(C)C.CC(C)[C@H](C(=O)NCC(C)(C)CN(C)C)N(C)C(C)C.CC(C)[C@H](C(=O)NCCC1CCCN1C)N(C)C(C)C.CC(C)[C@H](C(=O)NCCN(C)C)N(C)C(C)C. The molecule has 4 aliphatic rings. The molecule has 28 heteroatoms. The van der Waals surface area contributed by atoms with Crippen LogP contribution in [0.25, 0.3) is 0 Å². The molecule has 28 nitrogen and oxygen atoms in total. The molecule has 0 aromatic carbocycles. The van der Waals surface area contributed by atoms with Crippen molar-refractivity contribution in [3.63, 3.8) is 0 Å². The van der Waals surface area contributed by atoms with Crippen LogP contribution >= 0.6 is 0 Å². The Balaban J connectivity index is -0.00000152. The first-order valence-corrected chi connectivity index (χ1v) is 53.3. The lowest BCUT2D eigenvalue weighted by Crippen LogP contribution is -2.55. The van der Waals surface area contributed by atoms with Gasteiger partial charge in [-0.15, -0.1) is 0 Å². The normalized spacial score (nSPS) is 17.5. The molecule has 0 aromatic heterocycles. The molecule has 4 rings (SSSR count). The Morgan fingerprint density at radius 2 is 0.647 bits per heavy atom. The minimum atomic E-state index is -0.0647. The van der Waals surface area contributed by atoms with Gasteiger partial charge in [-0.05, 0) is 367 Å². The van der Waals surface area contributed by atoms with Gasteiger partial charge in [-0.25, -0.2) is 0 Å². The zero-order valence-electron chi connectivity index (χ0n) is 98.6. The molecule has 0 aliphatic carbocycles. The number of hydrogen-bond donors (Lipinski definition) is 3. The first kappa shape index (κ1) is 136. The van der Waals surface area contributed by atoms with Crippen LogP contribution in [0, 0.1) is 46.8 Å². The van der Waals surface area contributed by atoms with Crippen molar-refractivity contribution in [3.05, 3.63) is 0 Å². The number of hydrogen-bond acceptors (Lipinski definition) is 21. The lowest BCUT2D eigenvalue weighted by atomic mass is 9.92. The third-order valence-corrected chi connectivity index (χ3v) is 28.6. The van der Waals surface area contributed by atoms with Gasteiger partial charge in [0.25, 0.3) is 0 Å². The van der Waals surface area contributed by atoms with Gasteiger partial charge in [-0.3, -0.25) is 67.9 Å². The lowest BCUT2D eigenvalue weighted by Gasteiger charge is -2.41. The highest BCUT2D eigenvalue weighted by molar-refractivity contribution is 5.85. The molecule has 136 heavy (non-hydrogen) atoms. The van der Waals surface area contributed by atoms with Crippen LogP contribution in [0.1, 0.15) is 272 Å². The second kappa shape index (κ2) is 69.7. The number of carbonyl (C=O) groups excluding carboxylic acids is 7. The van der Waals surface area contributed by atoms with Crippen molar-refractivity contribution >= 4 is 41.4 Å². The summed E-state index contributed by atoms with van der Waals surface area (Å²) in [5.74, 6) is 3.85. The van der Waals surface area contributed by atoms with E-state index in [0.717, 1.165) is 111 Å². The number of rotatable bonds is 47. The Labute approximate surface area is 841 Å². The van der Waals surface area contributed by atoms with E-state index in [1.54, 1.807) is 0 Å². The van der Waals surface area contributed by atoms with E-state index in [9.17, 15) is 33.6 Å². The van der Waals surface area contributed by atoms with Gasteiger partial charge in [0, 0.05) is 147 Å². The number of amides is 7. The van der Waals surface area contributed by atoms with Gasteiger partial charge in [0.2, 0.25) is 41.4 Å². The van der Waals surface area contributed by atoms with E-state index < -0.39 is 0 Å². The summed E-state index contributed by atoms with van der Waals surface area (Å²) >= 11 is 0.